The summed E-state index contributed by atoms with van der Waals surface area (Å²) in [4.78, 5) is 0. The lowest BCUT2D eigenvalue weighted by molar-refractivity contribution is 0.661. The summed E-state index contributed by atoms with van der Waals surface area (Å²) in [5, 5.41) is 7.71. The van der Waals surface area contributed by atoms with E-state index >= 15 is 0 Å². The fourth-order valence-corrected chi connectivity index (χ4v) is 8.91. The highest BCUT2D eigenvalue weighted by atomic mass is 14.4. The standard InChI is InChI=1S/C51H36/c1-51(2)46-28-16-15-27-43(46)50-38-22-10-9-21-37(38)45(32-47(50)51)49-41-25-13-11-23-39(41)48(40-24-12-14-26-42(40)49)35-29-30-36(33-17-5-3-6-18-33)44(31-35)34-19-7-4-8-20-34/h3-32H,1-2H3. The largest absolute Gasteiger partial charge is 0.0622 e. The molecule has 0 amide bonds. The average Bonchev–Trinajstić information content (AvgIpc) is 3.43. The van der Waals surface area contributed by atoms with Crippen molar-refractivity contribution >= 4 is 32.3 Å². The van der Waals surface area contributed by atoms with E-state index in [2.05, 4.69) is 196 Å². The van der Waals surface area contributed by atoms with E-state index in [1.165, 1.54) is 99.1 Å². The Morgan fingerprint density at radius 1 is 0.275 bits per heavy atom. The van der Waals surface area contributed by atoms with E-state index in [9.17, 15) is 0 Å². The molecule has 0 heteroatoms. The van der Waals surface area contributed by atoms with E-state index in [0.29, 0.717) is 0 Å². The quantitative estimate of drug-likeness (QED) is 0.167. The van der Waals surface area contributed by atoms with Gasteiger partial charge in [0.1, 0.15) is 0 Å². The summed E-state index contributed by atoms with van der Waals surface area (Å²) in [6.07, 6.45) is 0. The molecule has 0 spiro atoms. The van der Waals surface area contributed by atoms with Gasteiger partial charge in [-0.25, -0.2) is 0 Å². The Morgan fingerprint density at radius 3 is 1.35 bits per heavy atom. The van der Waals surface area contributed by atoms with Crippen LogP contribution in [0.25, 0.3) is 88.0 Å². The van der Waals surface area contributed by atoms with Crippen LogP contribution in [0.2, 0.25) is 0 Å². The number of benzene rings is 9. The highest BCUT2D eigenvalue weighted by Crippen LogP contribution is 2.55. The zero-order valence-corrected chi connectivity index (χ0v) is 28.8. The van der Waals surface area contributed by atoms with E-state index in [1.54, 1.807) is 0 Å². The number of rotatable bonds is 4. The molecule has 0 N–H and O–H groups in total. The van der Waals surface area contributed by atoms with Gasteiger partial charge in [-0.2, -0.15) is 0 Å². The van der Waals surface area contributed by atoms with Crippen LogP contribution in [0.15, 0.2) is 182 Å². The van der Waals surface area contributed by atoms with E-state index < -0.39 is 0 Å². The minimum absolute atomic E-state index is 0.107. The zero-order chi connectivity index (χ0) is 34.1. The van der Waals surface area contributed by atoms with Crippen LogP contribution in [-0.2, 0) is 5.41 Å². The topological polar surface area (TPSA) is 0 Å². The van der Waals surface area contributed by atoms with Crippen LogP contribution in [0, 0.1) is 0 Å². The van der Waals surface area contributed by atoms with Gasteiger partial charge in [0.25, 0.3) is 0 Å². The maximum atomic E-state index is 2.52. The fraction of sp³-hybridized carbons (Fsp3) is 0.0588. The molecule has 0 radical (unpaired) electrons. The summed E-state index contributed by atoms with van der Waals surface area (Å²) < 4.78 is 0. The van der Waals surface area contributed by atoms with Crippen molar-refractivity contribution in [2.45, 2.75) is 19.3 Å². The van der Waals surface area contributed by atoms with E-state index in [4.69, 9.17) is 0 Å². The normalized spacial score (nSPS) is 13.1. The van der Waals surface area contributed by atoms with Crippen molar-refractivity contribution in [1.82, 2.24) is 0 Å². The lowest BCUT2D eigenvalue weighted by atomic mass is 9.79. The van der Waals surface area contributed by atoms with Gasteiger partial charge in [0.2, 0.25) is 0 Å². The van der Waals surface area contributed by atoms with Gasteiger partial charge in [-0.15, -0.1) is 0 Å². The molecule has 0 unspecified atom stereocenters. The van der Waals surface area contributed by atoms with Crippen molar-refractivity contribution in [2.24, 2.45) is 0 Å². The third kappa shape index (κ3) is 4.46. The Kier molecular flexibility index (Phi) is 6.63. The molecule has 0 bridgehead atoms. The smallest absolute Gasteiger partial charge is 0.0159 e. The van der Waals surface area contributed by atoms with Crippen LogP contribution >= 0.6 is 0 Å². The third-order valence-corrected chi connectivity index (χ3v) is 11.3. The molecular weight excluding hydrogens is 613 g/mol. The molecule has 0 saturated heterocycles. The highest BCUT2D eigenvalue weighted by Gasteiger charge is 2.37. The molecule has 0 aromatic heterocycles. The van der Waals surface area contributed by atoms with Crippen molar-refractivity contribution in [3.63, 3.8) is 0 Å². The molecule has 9 aromatic rings. The Balaban J connectivity index is 1.29. The lowest BCUT2D eigenvalue weighted by Crippen LogP contribution is -2.15. The second-order valence-electron chi connectivity index (χ2n) is 14.4. The Morgan fingerprint density at radius 2 is 0.745 bits per heavy atom. The second kappa shape index (κ2) is 11.4. The monoisotopic (exact) mass is 648 g/mol. The third-order valence-electron chi connectivity index (χ3n) is 11.3. The maximum absolute atomic E-state index is 2.52. The maximum Gasteiger partial charge on any atom is 0.0159 e. The van der Waals surface area contributed by atoms with Crippen LogP contribution in [0.1, 0.15) is 25.0 Å². The van der Waals surface area contributed by atoms with E-state index in [0.717, 1.165) is 0 Å². The van der Waals surface area contributed by atoms with Gasteiger partial charge < -0.3 is 0 Å². The van der Waals surface area contributed by atoms with Crippen molar-refractivity contribution in [2.75, 3.05) is 0 Å². The van der Waals surface area contributed by atoms with Crippen LogP contribution in [0.3, 0.4) is 0 Å². The Bertz CT molecular complexity index is 2750. The van der Waals surface area contributed by atoms with Gasteiger partial charge in [-0.1, -0.05) is 184 Å². The molecule has 51 heavy (non-hydrogen) atoms. The molecule has 0 nitrogen and oxygen atoms in total. The van der Waals surface area contributed by atoms with Crippen molar-refractivity contribution in [1.29, 1.82) is 0 Å². The average molecular weight is 649 g/mol. The van der Waals surface area contributed by atoms with Crippen LogP contribution in [0.4, 0.5) is 0 Å². The number of hydrogen-bond acceptors (Lipinski definition) is 0. The first-order valence-electron chi connectivity index (χ1n) is 17.9. The molecule has 1 aliphatic carbocycles. The summed E-state index contributed by atoms with van der Waals surface area (Å²) in [6.45, 7) is 4.78. The lowest BCUT2D eigenvalue weighted by Gasteiger charge is -2.24. The Labute approximate surface area is 299 Å². The van der Waals surface area contributed by atoms with Gasteiger partial charge >= 0.3 is 0 Å². The summed E-state index contributed by atoms with van der Waals surface area (Å²) in [7, 11) is 0. The van der Waals surface area contributed by atoms with E-state index in [1.807, 2.05) is 0 Å². The molecule has 9 aromatic carbocycles. The first-order valence-corrected chi connectivity index (χ1v) is 17.9. The number of hydrogen-bond donors (Lipinski definition) is 0. The number of fused-ring (bicyclic) bond motifs is 7. The highest BCUT2D eigenvalue weighted by molar-refractivity contribution is 6.24. The molecule has 1 aliphatic rings. The summed E-state index contributed by atoms with van der Waals surface area (Å²) in [5.41, 5.74) is 15.5. The van der Waals surface area contributed by atoms with Crippen molar-refractivity contribution < 1.29 is 0 Å². The van der Waals surface area contributed by atoms with Gasteiger partial charge in [0.05, 0.1) is 0 Å². The minimum atomic E-state index is -0.107. The molecule has 0 atom stereocenters. The summed E-state index contributed by atoms with van der Waals surface area (Å²) in [5.74, 6) is 0. The molecule has 10 rings (SSSR count). The molecule has 0 aliphatic heterocycles. The van der Waals surface area contributed by atoms with Gasteiger partial charge in [-0.3, -0.25) is 0 Å². The second-order valence-corrected chi connectivity index (χ2v) is 14.4. The molecule has 240 valence electrons. The van der Waals surface area contributed by atoms with Gasteiger partial charge in [0.15, 0.2) is 0 Å². The fourth-order valence-electron chi connectivity index (χ4n) is 8.91. The first kappa shape index (κ1) is 29.7. The van der Waals surface area contributed by atoms with Crippen molar-refractivity contribution in [3.05, 3.63) is 193 Å². The SMILES string of the molecule is CC1(C)c2ccccc2-c2c1cc(-c1c3ccccc3c(-c3ccc(-c4ccccc4)c(-c4ccccc4)c3)c3ccccc13)c1ccccc21. The molecule has 0 heterocycles. The van der Waals surface area contributed by atoms with Crippen LogP contribution < -0.4 is 0 Å². The van der Waals surface area contributed by atoms with Crippen LogP contribution in [-0.4, -0.2) is 0 Å². The summed E-state index contributed by atoms with van der Waals surface area (Å²) in [6, 6.07) is 67.3. The molecule has 0 saturated carbocycles. The first-order chi connectivity index (χ1) is 25.1. The predicted octanol–water partition coefficient (Wildman–Crippen LogP) is 14.1. The Hall–Kier alpha value is -6.24. The van der Waals surface area contributed by atoms with E-state index in [-0.39, 0.29) is 5.41 Å². The minimum Gasteiger partial charge on any atom is -0.0622 e. The van der Waals surface area contributed by atoms with Crippen molar-refractivity contribution in [3.8, 4) is 55.6 Å². The van der Waals surface area contributed by atoms with Crippen LogP contribution in [0.5, 0.6) is 0 Å². The summed E-state index contributed by atoms with van der Waals surface area (Å²) >= 11 is 0. The predicted molar refractivity (Wildman–Crippen MR) is 218 cm³/mol. The molecular formula is C51H36. The van der Waals surface area contributed by atoms with Gasteiger partial charge in [0, 0.05) is 5.41 Å². The van der Waals surface area contributed by atoms with Gasteiger partial charge in [-0.05, 0) is 111 Å². The molecule has 0 fully saturated rings. The zero-order valence-electron chi connectivity index (χ0n) is 28.8.